The summed E-state index contributed by atoms with van der Waals surface area (Å²) in [6.07, 6.45) is 6.54. The number of nitrogens with zero attached hydrogens (tertiary/aromatic N) is 1. The van der Waals surface area contributed by atoms with E-state index in [1.807, 2.05) is 6.07 Å². The summed E-state index contributed by atoms with van der Waals surface area (Å²) < 4.78 is 5.43. The van der Waals surface area contributed by atoms with Crippen LogP contribution in [0.3, 0.4) is 0 Å². The predicted octanol–water partition coefficient (Wildman–Crippen LogP) is 3.06. The van der Waals surface area contributed by atoms with Gasteiger partial charge in [0.25, 0.3) is 0 Å². The van der Waals surface area contributed by atoms with E-state index < -0.39 is 0 Å². The SMILES string of the molecule is CCCC1CN(C(C)CCc2ccco2)C(C)CN1. The van der Waals surface area contributed by atoms with Crippen LogP contribution in [0.2, 0.25) is 0 Å². The highest BCUT2D eigenvalue weighted by molar-refractivity contribution is 4.99. The van der Waals surface area contributed by atoms with Crippen LogP contribution in [-0.2, 0) is 6.42 Å². The molecule has 1 aromatic rings. The van der Waals surface area contributed by atoms with Gasteiger partial charge >= 0.3 is 0 Å². The van der Waals surface area contributed by atoms with E-state index in [9.17, 15) is 0 Å². The summed E-state index contributed by atoms with van der Waals surface area (Å²) in [6.45, 7) is 9.26. The van der Waals surface area contributed by atoms with Crippen molar-refractivity contribution in [1.82, 2.24) is 10.2 Å². The topological polar surface area (TPSA) is 28.4 Å². The molecule has 0 aromatic carbocycles. The minimum Gasteiger partial charge on any atom is -0.469 e. The molecule has 3 atom stereocenters. The zero-order valence-corrected chi connectivity index (χ0v) is 12.6. The van der Waals surface area contributed by atoms with Crippen molar-refractivity contribution in [3.63, 3.8) is 0 Å². The molecule has 3 heteroatoms. The standard InChI is InChI=1S/C16H28N2O/c1-4-6-15-12-18(14(3)11-17-15)13(2)8-9-16-7-5-10-19-16/h5,7,10,13-15,17H,4,6,8-9,11-12H2,1-3H3. The molecule has 1 N–H and O–H groups in total. The molecular weight excluding hydrogens is 236 g/mol. The fraction of sp³-hybridized carbons (Fsp3) is 0.750. The Hall–Kier alpha value is -0.800. The Morgan fingerprint density at radius 1 is 1.53 bits per heavy atom. The second-order valence-corrected chi connectivity index (χ2v) is 5.91. The molecule has 0 saturated carbocycles. The third-order valence-electron chi connectivity index (χ3n) is 4.29. The highest BCUT2D eigenvalue weighted by atomic mass is 16.3. The molecule has 0 amide bonds. The Morgan fingerprint density at radius 2 is 2.37 bits per heavy atom. The van der Waals surface area contributed by atoms with Crippen LogP contribution in [0, 0.1) is 0 Å². The molecule has 0 aliphatic carbocycles. The van der Waals surface area contributed by atoms with Gasteiger partial charge < -0.3 is 9.73 Å². The van der Waals surface area contributed by atoms with E-state index in [1.54, 1.807) is 6.26 Å². The smallest absolute Gasteiger partial charge is 0.103 e. The monoisotopic (exact) mass is 264 g/mol. The first-order chi connectivity index (χ1) is 9.20. The van der Waals surface area contributed by atoms with E-state index in [0.717, 1.165) is 18.7 Å². The summed E-state index contributed by atoms with van der Waals surface area (Å²) in [5, 5.41) is 3.66. The van der Waals surface area contributed by atoms with Crippen LogP contribution in [0.1, 0.15) is 45.8 Å². The molecule has 0 spiro atoms. The highest BCUT2D eigenvalue weighted by Crippen LogP contribution is 2.17. The molecule has 1 fully saturated rings. The van der Waals surface area contributed by atoms with Crippen molar-refractivity contribution < 1.29 is 4.42 Å². The van der Waals surface area contributed by atoms with Crippen LogP contribution in [0.15, 0.2) is 22.8 Å². The normalized spacial score (nSPS) is 26.5. The molecule has 0 bridgehead atoms. The van der Waals surface area contributed by atoms with Gasteiger partial charge in [0.15, 0.2) is 0 Å². The molecule has 1 saturated heterocycles. The number of piperazine rings is 1. The van der Waals surface area contributed by atoms with E-state index in [0.29, 0.717) is 18.1 Å². The van der Waals surface area contributed by atoms with Gasteiger partial charge in [-0.25, -0.2) is 0 Å². The number of furan rings is 1. The van der Waals surface area contributed by atoms with E-state index >= 15 is 0 Å². The lowest BCUT2D eigenvalue weighted by molar-refractivity contribution is 0.0910. The van der Waals surface area contributed by atoms with Gasteiger partial charge in [0.05, 0.1) is 6.26 Å². The summed E-state index contributed by atoms with van der Waals surface area (Å²) >= 11 is 0. The molecule has 0 radical (unpaired) electrons. The molecule has 1 aliphatic heterocycles. The number of nitrogens with one attached hydrogen (secondary N) is 1. The Bertz CT molecular complexity index is 350. The maximum atomic E-state index is 5.43. The highest BCUT2D eigenvalue weighted by Gasteiger charge is 2.27. The molecule has 19 heavy (non-hydrogen) atoms. The van der Waals surface area contributed by atoms with Crippen molar-refractivity contribution in [3.8, 4) is 0 Å². The van der Waals surface area contributed by atoms with E-state index in [-0.39, 0.29) is 0 Å². The van der Waals surface area contributed by atoms with Crippen molar-refractivity contribution in [2.45, 2.75) is 64.6 Å². The lowest BCUT2D eigenvalue weighted by Gasteiger charge is -2.42. The summed E-state index contributed by atoms with van der Waals surface area (Å²) in [5.74, 6) is 1.11. The first kappa shape index (κ1) is 14.6. The summed E-state index contributed by atoms with van der Waals surface area (Å²) in [7, 11) is 0. The van der Waals surface area contributed by atoms with Gasteiger partial charge in [-0.05, 0) is 38.8 Å². The zero-order valence-electron chi connectivity index (χ0n) is 12.6. The Kier molecular flexibility index (Phi) is 5.46. The van der Waals surface area contributed by atoms with Crippen LogP contribution in [0.4, 0.5) is 0 Å². The van der Waals surface area contributed by atoms with Crippen molar-refractivity contribution in [2.75, 3.05) is 13.1 Å². The van der Waals surface area contributed by atoms with Crippen LogP contribution in [0.5, 0.6) is 0 Å². The molecule has 2 heterocycles. The lowest BCUT2D eigenvalue weighted by Crippen LogP contribution is -2.57. The number of hydrogen-bond donors (Lipinski definition) is 1. The minimum absolute atomic E-state index is 0.626. The second-order valence-electron chi connectivity index (χ2n) is 5.91. The van der Waals surface area contributed by atoms with Crippen molar-refractivity contribution in [3.05, 3.63) is 24.2 Å². The maximum Gasteiger partial charge on any atom is 0.103 e. The van der Waals surface area contributed by atoms with Gasteiger partial charge in [0, 0.05) is 37.6 Å². The molecule has 108 valence electrons. The zero-order chi connectivity index (χ0) is 13.7. The third-order valence-corrected chi connectivity index (χ3v) is 4.29. The van der Waals surface area contributed by atoms with Crippen LogP contribution >= 0.6 is 0 Å². The van der Waals surface area contributed by atoms with Crippen molar-refractivity contribution >= 4 is 0 Å². The number of aryl methyl sites for hydroxylation is 1. The average Bonchev–Trinajstić information content (AvgIpc) is 2.92. The summed E-state index contributed by atoms with van der Waals surface area (Å²) in [6, 6.07) is 5.99. The lowest BCUT2D eigenvalue weighted by atomic mass is 10.0. The van der Waals surface area contributed by atoms with Gasteiger partial charge in [-0.2, -0.15) is 0 Å². The average molecular weight is 264 g/mol. The first-order valence-corrected chi connectivity index (χ1v) is 7.72. The van der Waals surface area contributed by atoms with Crippen LogP contribution in [-0.4, -0.2) is 36.1 Å². The molecule has 3 unspecified atom stereocenters. The molecule has 1 aromatic heterocycles. The van der Waals surface area contributed by atoms with E-state index in [2.05, 4.69) is 37.1 Å². The van der Waals surface area contributed by atoms with E-state index in [1.165, 1.54) is 25.8 Å². The fourth-order valence-electron chi connectivity index (χ4n) is 3.08. The Labute approximate surface area is 117 Å². The quantitative estimate of drug-likeness (QED) is 0.856. The fourth-order valence-corrected chi connectivity index (χ4v) is 3.08. The van der Waals surface area contributed by atoms with Crippen LogP contribution in [0.25, 0.3) is 0 Å². The predicted molar refractivity (Wildman–Crippen MR) is 79.4 cm³/mol. The van der Waals surface area contributed by atoms with Gasteiger partial charge in [0.2, 0.25) is 0 Å². The Morgan fingerprint density at radius 3 is 3.05 bits per heavy atom. The molecule has 2 rings (SSSR count). The van der Waals surface area contributed by atoms with Crippen LogP contribution < -0.4 is 5.32 Å². The second kappa shape index (κ2) is 7.11. The third kappa shape index (κ3) is 4.08. The first-order valence-electron chi connectivity index (χ1n) is 7.72. The molecule has 3 nitrogen and oxygen atoms in total. The van der Waals surface area contributed by atoms with Gasteiger partial charge in [-0.15, -0.1) is 0 Å². The largest absolute Gasteiger partial charge is 0.469 e. The number of rotatable bonds is 6. The van der Waals surface area contributed by atoms with Crippen molar-refractivity contribution in [2.24, 2.45) is 0 Å². The van der Waals surface area contributed by atoms with Gasteiger partial charge in [-0.1, -0.05) is 13.3 Å². The number of hydrogen-bond acceptors (Lipinski definition) is 3. The minimum atomic E-state index is 0.626. The van der Waals surface area contributed by atoms with Crippen molar-refractivity contribution in [1.29, 1.82) is 0 Å². The maximum absolute atomic E-state index is 5.43. The summed E-state index contributed by atoms with van der Waals surface area (Å²) in [4.78, 5) is 2.67. The molecule has 1 aliphatic rings. The van der Waals surface area contributed by atoms with Gasteiger partial charge in [0.1, 0.15) is 5.76 Å². The van der Waals surface area contributed by atoms with Gasteiger partial charge in [-0.3, -0.25) is 4.90 Å². The van der Waals surface area contributed by atoms with E-state index in [4.69, 9.17) is 4.42 Å². The molecular formula is C16H28N2O. The summed E-state index contributed by atoms with van der Waals surface area (Å²) in [5.41, 5.74) is 0. The Balaban J connectivity index is 1.83.